The molecular formula is C14H19FN2O2S. The minimum atomic E-state index is -0.553. The first-order valence-corrected chi connectivity index (χ1v) is 7.47. The normalized spacial score (nSPS) is 11.8. The average Bonchev–Trinajstić information content (AvgIpc) is 2.44. The highest BCUT2D eigenvalue weighted by atomic mass is 32.2. The quantitative estimate of drug-likeness (QED) is 0.757. The van der Waals surface area contributed by atoms with Crippen LogP contribution >= 0.6 is 11.8 Å². The van der Waals surface area contributed by atoms with Gasteiger partial charge in [-0.05, 0) is 37.6 Å². The zero-order valence-electron chi connectivity index (χ0n) is 11.6. The molecule has 0 heterocycles. The Bertz CT molecular complexity index is 451. The lowest BCUT2D eigenvalue weighted by Crippen LogP contribution is -2.45. The topological polar surface area (TPSA) is 58.2 Å². The number of carbonyl (C=O) groups is 2. The van der Waals surface area contributed by atoms with Crippen molar-refractivity contribution < 1.29 is 14.0 Å². The van der Waals surface area contributed by atoms with Crippen molar-refractivity contribution in [2.75, 3.05) is 12.3 Å². The number of thioether (sulfide) groups is 1. The van der Waals surface area contributed by atoms with E-state index in [1.807, 2.05) is 6.92 Å². The van der Waals surface area contributed by atoms with Crippen LogP contribution in [0.5, 0.6) is 0 Å². The molecule has 0 aromatic heterocycles. The highest BCUT2D eigenvalue weighted by molar-refractivity contribution is 8.00. The molecule has 0 bridgehead atoms. The highest BCUT2D eigenvalue weighted by Crippen LogP contribution is 2.17. The van der Waals surface area contributed by atoms with E-state index in [1.165, 1.54) is 23.9 Å². The third-order valence-corrected chi connectivity index (χ3v) is 3.52. The maximum atomic E-state index is 12.7. The molecule has 2 N–H and O–H groups in total. The summed E-state index contributed by atoms with van der Waals surface area (Å²) in [6.45, 7) is 4.21. The summed E-state index contributed by atoms with van der Waals surface area (Å²) in [5.74, 6) is -0.526. The van der Waals surface area contributed by atoms with Gasteiger partial charge in [-0.25, -0.2) is 4.39 Å². The van der Waals surface area contributed by atoms with Gasteiger partial charge in [-0.1, -0.05) is 6.92 Å². The van der Waals surface area contributed by atoms with Crippen LogP contribution in [-0.4, -0.2) is 30.2 Å². The lowest BCUT2D eigenvalue weighted by molar-refractivity contribution is -0.127. The van der Waals surface area contributed by atoms with Crippen LogP contribution in [-0.2, 0) is 9.59 Å². The van der Waals surface area contributed by atoms with Gasteiger partial charge in [0.2, 0.25) is 11.8 Å². The van der Waals surface area contributed by atoms with Gasteiger partial charge >= 0.3 is 0 Å². The standard InChI is InChI=1S/C14H19FN2O2S/c1-3-8-16-14(19)10(2)17-13(18)9-20-12-6-4-11(15)5-7-12/h4-7,10H,3,8-9H2,1-2H3,(H,16,19)(H,17,18). The zero-order chi connectivity index (χ0) is 15.0. The first-order chi connectivity index (χ1) is 9.52. The Morgan fingerprint density at radius 1 is 1.30 bits per heavy atom. The summed E-state index contributed by atoms with van der Waals surface area (Å²) in [7, 11) is 0. The second-order valence-corrected chi connectivity index (χ2v) is 5.37. The van der Waals surface area contributed by atoms with Crippen LogP contribution in [0.25, 0.3) is 0 Å². The maximum absolute atomic E-state index is 12.7. The first kappa shape index (κ1) is 16.5. The van der Waals surface area contributed by atoms with E-state index < -0.39 is 6.04 Å². The number of halogens is 1. The van der Waals surface area contributed by atoms with Gasteiger partial charge < -0.3 is 10.6 Å². The molecule has 0 aliphatic carbocycles. The monoisotopic (exact) mass is 298 g/mol. The van der Waals surface area contributed by atoms with Crippen LogP contribution in [0.15, 0.2) is 29.2 Å². The predicted molar refractivity (Wildman–Crippen MR) is 78.0 cm³/mol. The summed E-state index contributed by atoms with van der Waals surface area (Å²) in [6.07, 6.45) is 0.854. The average molecular weight is 298 g/mol. The van der Waals surface area contributed by atoms with Crippen molar-refractivity contribution in [3.05, 3.63) is 30.1 Å². The molecule has 1 aromatic carbocycles. The van der Waals surface area contributed by atoms with Crippen molar-refractivity contribution >= 4 is 23.6 Å². The fraction of sp³-hybridized carbons (Fsp3) is 0.429. The van der Waals surface area contributed by atoms with E-state index in [0.29, 0.717) is 6.54 Å². The lowest BCUT2D eigenvalue weighted by atomic mass is 10.3. The van der Waals surface area contributed by atoms with Crippen LogP contribution in [0, 0.1) is 5.82 Å². The van der Waals surface area contributed by atoms with Gasteiger partial charge in [0.1, 0.15) is 11.9 Å². The van der Waals surface area contributed by atoms with Gasteiger partial charge in [-0.2, -0.15) is 0 Å². The summed E-state index contributed by atoms with van der Waals surface area (Å²) in [6, 6.07) is 5.38. The van der Waals surface area contributed by atoms with E-state index in [4.69, 9.17) is 0 Å². The molecule has 20 heavy (non-hydrogen) atoms. The number of carbonyl (C=O) groups excluding carboxylic acids is 2. The SMILES string of the molecule is CCCNC(=O)C(C)NC(=O)CSc1ccc(F)cc1. The van der Waals surface area contributed by atoms with Crippen LogP contribution < -0.4 is 10.6 Å². The van der Waals surface area contributed by atoms with Crippen molar-refractivity contribution in [3.8, 4) is 0 Å². The van der Waals surface area contributed by atoms with Crippen LogP contribution in [0.2, 0.25) is 0 Å². The molecular weight excluding hydrogens is 279 g/mol. The second kappa shape index (κ2) is 8.58. The molecule has 6 heteroatoms. The number of hydrogen-bond acceptors (Lipinski definition) is 3. The number of rotatable bonds is 7. The Labute approximate surface area is 122 Å². The summed E-state index contributed by atoms with van der Waals surface area (Å²) in [5, 5.41) is 5.34. The van der Waals surface area contributed by atoms with Crippen molar-refractivity contribution in [3.63, 3.8) is 0 Å². The minimum Gasteiger partial charge on any atom is -0.354 e. The molecule has 1 unspecified atom stereocenters. The van der Waals surface area contributed by atoms with E-state index in [9.17, 15) is 14.0 Å². The van der Waals surface area contributed by atoms with Gasteiger partial charge in [0, 0.05) is 11.4 Å². The van der Waals surface area contributed by atoms with Gasteiger partial charge in [0.15, 0.2) is 0 Å². The molecule has 0 radical (unpaired) electrons. The molecule has 0 saturated carbocycles. The largest absolute Gasteiger partial charge is 0.354 e. The van der Waals surface area contributed by atoms with E-state index >= 15 is 0 Å². The summed E-state index contributed by atoms with van der Waals surface area (Å²) in [5.41, 5.74) is 0. The van der Waals surface area contributed by atoms with E-state index in [0.717, 1.165) is 11.3 Å². The minimum absolute atomic E-state index is 0.188. The van der Waals surface area contributed by atoms with Gasteiger partial charge in [0.05, 0.1) is 5.75 Å². The number of nitrogens with one attached hydrogen (secondary N) is 2. The van der Waals surface area contributed by atoms with E-state index in [-0.39, 0.29) is 23.4 Å². The molecule has 0 fully saturated rings. The third kappa shape index (κ3) is 6.06. The Morgan fingerprint density at radius 3 is 2.55 bits per heavy atom. The fourth-order valence-corrected chi connectivity index (χ4v) is 2.14. The second-order valence-electron chi connectivity index (χ2n) is 4.32. The highest BCUT2D eigenvalue weighted by Gasteiger charge is 2.14. The zero-order valence-corrected chi connectivity index (χ0v) is 12.4. The fourth-order valence-electron chi connectivity index (χ4n) is 1.43. The Hall–Kier alpha value is -1.56. The number of amides is 2. The number of hydrogen-bond donors (Lipinski definition) is 2. The van der Waals surface area contributed by atoms with Crippen LogP contribution in [0.4, 0.5) is 4.39 Å². The molecule has 1 rings (SSSR count). The van der Waals surface area contributed by atoms with E-state index in [1.54, 1.807) is 19.1 Å². The van der Waals surface area contributed by atoms with Gasteiger partial charge in [-0.15, -0.1) is 11.8 Å². The van der Waals surface area contributed by atoms with Crippen molar-refractivity contribution in [2.24, 2.45) is 0 Å². The summed E-state index contributed by atoms with van der Waals surface area (Å²) in [4.78, 5) is 24.1. The molecule has 0 aliphatic rings. The van der Waals surface area contributed by atoms with Crippen molar-refractivity contribution in [1.29, 1.82) is 0 Å². The maximum Gasteiger partial charge on any atom is 0.242 e. The Balaban J connectivity index is 2.32. The summed E-state index contributed by atoms with van der Waals surface area (Å²) < 4.78 is 12.7. The van der Waals surface area contributed by atoms with Crippen LogP contribution in [0.3, 0.4) is 0 Å². The molecule has 4 nitrogen and oxygen atoms in total. The third-order valence-electron chi connectivity index (χ3n) is 2.50. The molecule has 0 spiro atoms. The Morgan fingerprint density at radius 2 is 1.95 bits per heavy atom. The predicted octanol–water partition coefficient (Wildman–Crippen LogP) is 1.95. The smallest absolute Gasteiger partial charge is 0.242 e. The number of benzene rings is 1. The first-order valence-electron chi connectivity index (χ1n) is 6.48. The molecule has 1 atom stereocenters. The molecule has 110 valence electrons. The van der Waals surface area contributed by atoms with E-state index in [2.05, 4.69) is 10.6 Å². The molecule has 0 aliphatic heterocycles. The van der Waals surface area contributed by atoms with Gasteiger partial charge in [0.25, 0.3) is 0 Å². The molecule has 0 saturated heterocycles. The molecule has 1 aromatic rings. The Kier molecular flexibility index (Phi) is 7.08. The lowest BCUT2D eigenvalue weighted by Gasteiger charge is -2.13. The van der Waals surface area contributed by atoms with Crippen LogP contribution in [0.1, 0.15) is 20.3 Å². The van der Waals surface area contributed by atoms with Gasteiger partial charge in [-0.3, -0.25) is 9.59 Å². The summed E-state index contributed by atoms with van der Waals surface area (Å²) >= 11 is 1.30. The van der Waals surface area contributed by atoms with Crippen molar-refractivity contribution in [1.82, 2.24) is 10.6 Å². The van der Waals surface area contributed by atoms with Crippen molar-refractivity contribution in [2.45, 2.75) is 31.2 Å². The molecule has 2 amide bonds.